The van der Waals surface area contributed by atoms with Crippen LogP contribution in [0, 0.1) is 0 Å². The first-order valence-electron chi connectivity index (χ1n) is 6.87. The number of rotatable bonds is 5. The lowest BCUT2D eigenvalue weighted by Gasteiger charge is -2.20. The van der Waals surface area contributed by atoms with Gasteiger partial charge in [-0.1, -0.05) is 20.8 Å². The second-order valence-electron chi connectivity index (χ2n) is 6.19. The number of amides is 1. The summed E-state index contributed by atoms with van der Waals surface area (Å²) in [5.41, 5.74) is 1.46. The third-order valence-corrected chi connectivity index (χ3v) is 2.96. The van der Waals surface area contributed by atoms with Crippen LogP contribution in [0.2, 0.25) is 0 Å². The summed E-state index contributed by atoms with van der Waals surface area (Å²) in [5, 5.41) is 5.93. The van der Waals surface area contributed by atoms with E-state index in [4.69, 9.17) is 0 Å². The van der Waals surface area contributed by atoms with Gasteiger partial charge in [-0.2, -0.15) is 0 Å². The Kier molecular flexibility index (Phi) is 5.51. The van der Waals surface area contributed by atoms with E-state index < -0.39 is 0 Å². The molecule has 1 aromatic heterocycles. The number of carbonyl (C=O) groups excluding carboxylic acids is 1. The van der Waals surface area contributed by atoms with Gasteiger partial charge >= 0.3 is 0 Å². The molecule has 1 aromatic rings. The molecular weight excluding hydrogens is 252 g/mol. The lowest BCUT2D eigenvalue weighted by atomic mass is 9.90. The molecule has 0 bridgehead atoms. The maximum atomic E-state index is 12.2. The molecule has 20 heavy (non-hydrogen) atoms. The van der Waals surface area contributed by atoms with Gasteiger partial charge in [-0.15, -0.1) is 0 Å². The summed E-state index contributed by atoms with van der Waals surface area (Å²) >= 11 is 0. The Morgan fingerprint density at radius 2 is 1.95 bits per heavy atom. The van der Waals surface area contributed by atoms with Gasteiger partial charge in [0.05, 0.1) is 0 Å². The van der Waals surface area contributed by atoms with Gasteiger partial charge in [0, 0.05) is 36.8 Å². The number of nitrogens with zero attached hydrogens (tertiary/aromatic N) is 2. The molecule has 5 nitrogen and oxygen atoms in total. The number of likely N-dealkylation sites (N-methyl/N-ethyl adjacent to an activating group) is 1. The monoisotopic (exact) mass is 278 g/mol. The topological polar surface area (TPSA) is 57.3 Å². The van der Waals surface area contributed by atoms with Crippen molar-refractivity contribution < 1.29 is 4.79 Å². The summed E-state index contributed by atoms with van der Waals surface area (Å²) in [6.45, 7) is 7.71. The van der Waals surface area contributed by atoms with Crippen molar-refractivity contribution in [2.75, 3.05) is 39.5 Å². The van der Waals surface area contributed by atoms with E-state index in [1.165, 1.54) is 0 Å². The first-order chi connectivity index (χ1) is 9.24. The molecule has 1 amide bonds. The molecule has 0 saturated heterocycles. The standard InChI is InChI=1S/C15H26N4O/c1-15(2,3)12-9-11(10-13(16-4)18-12)14(20)17-7-8-19(5)6/h9-10H,7-8H2,1-6H3,(H,16,18)(H,17,20). The minimum absolute atomic E-state index is 0.0590. The first kappa shape index (κ1) is 16.4. The van der Waals surface area contributed by atoms with Gasteiger partial charge in [0.2, 0.25) is 0 Å². The van der Waals surface area contributed by atoms with Gasteiger partial charge in [0.25, 0.3) is 5.91 Å². The molecule has 0 aromatic carbocycles. The highest BCUT2D eigenvalue weighted by Gasteiger charge is 2.19. The van der Waals surface area contributed by atoms with Crippen molar-refractivity contribution >= 4 is 11.7 Å². The van der Waals surface area contributed by atoms with Crippen molar-refractivity contribution in [1.82, 2.24) is 15.2 Å². The summed E-state index contributed by atoms with van der Waals surface area (Å²) in [4.78, 5) is 18.7. The molecule has 0 aliphatic heterocycles. The van der Waals surface area contributed by atoms with E-state index >= 15 is 0 Å². The summed E-state index contributed by atoms with van der Waals surface area (Å²) < 4.78 is 0. The van der Waals surface area contributed by atoms with Crippen LogP contribution >= 0.6 is 0 Å². The molecule has 0 spiro atoms. The number of hydrogen-bond acceptors (Lipinski definition) is 4. The molecule has 0 radical (unpaired) electrons. The molecule has 5 heteroatoms. The Bertz CT molecular complexity index is 463. The molecular formula is C15H26N4O. The molecule has 0 unspecified atom stereocenters. The van der Waals surface area contributed by atoms with Crippen molar-refractivity contribution in [1.29, 1.82) is 0 Å². The van der Waals surface area contributed by atoms with Crippen molar-refractivity contribution in [2.45, 2.75) is 26.2 Å². The lowest BCUT2D eigenvalue weighted by molar-refractivity contribution is 0.0951. The van der Waals surface area contributed by atoms with E-state index in [0.717, 1.165) is 18.1 Å². The predicted molar refractivity (Wildman–Crippen MR) is 83.4 cm³/mol. The fourth-order valence-corrected chi connectivity index (χ4v) is 1.67. The third-order valence-electron chi connectivity index (χ3n) is 2.96. The lowest BCUT2D eigenvalue weighted by Crippen LogP contribution is -2.31. The van der Waals surface area contributed by atoms with Gasteiger partial charge in [0.1, 0.15) is 5.82 Å². The molecule has 0 fully saturated rings. The van der Waals surface area contributed by atoms with Crippen LogP contribution < -0.4 is 10.6 Å². The Morgan fingerprint density at radius 3 is 2.45 bits per heavy atom. The molecule has 0 saturated carbocycles. The number of anilines is 1. The van der Waals surface area contributed by atoms with E-state index in [9.17, 15) is 4.79 Å². The minimum atomic E-state index is -0.0917. The van der Waals surface area contributed by atoms with Gasteiger partial charge in [-0.3, -0.25) is 4.79 Å². The van der Waals surface area contributed by atoms with E-state index in [1.807, 2.05) is 32.1 Å². The maximum absolute atomic E-state index is 12.2. The van der Waals surface area contributed by atoms with Crippen LogP contribution in [0.5, 0.6) is 0 Å². The van der Waals surface area contributed by atoms with Crippen LogP contribution in [0.3, 0.4) is 0 Å². The smallest absolute Gasteiger partial charge is 0.251 e. The van der Waals surface area contributed by atoms with Crippen LogP contribution in [0.15, 0.2) is 12.1 Å². The Hall–Kier alpha value is -1.62. The SMILES string of the molecule is CNc1cc(C(=O)NCCN(C)C)cc(C(C)(C)C)n1. The second-order valence-corrected chi connectivity index (χ2v) is 6.19. The maximum Gasteiger partial charge on any atom is 0.251 e. The zero-order valence-corrected chi connectivity index (χ0v) is 13.4. The zero-order chi connectivity index (χ0) is 15.3. The number of pyridine rings is 1. The van der Waals surface area contributed by atoms with Gasteiger partial charge in [-0.25, -0.2) is 4.98 Å². The van der Waals surface area contributed by atoms with Crippen molar-refractivity contribution in [3.63, 3.8) is 0 Å². The second kappa shape index (κ2) is 6.70. The summed E-state index contributed by atoms with van der Waals surface area (Å²) in [5.74, 6) is 0.659. The molecule has 0 atom stereocenters. The predicted octanol–water partition coefficient (Wildman–Crippen LogP) is 1.71. The highest BCUT2D eigenvalue weighted by atomic mass is 16.1. The van der Waals surface area contributed by atoms with E-state index in [1.54, 1.807) is 6.07 Å². The zero-order valence-electron chi connectivity index (χ0n) is 13.4. The van der Waals surface area contributed by atoms with Crippen molar-refractivity contribution in [3.8, 4) is 0 Å². The third kappa shape index (κ3) is 4.81. The number of aromatic nitrogens is 1. The van der Waals surface area contributed by atoms with Crippen LogP contribution in [0.25, 0.3) is 0 Å². The van der Waals surface area contributed by atoms with Crippen LogP contribution in [-0.2, 0) is 5.41 Å². The first-order valence-corrected chi connectivity index (χ1v) is 6.87. The average molecular weight is 278 g/mol. The van der Waals surface area contributed by atoms with Crippen LogP contribution in [0.4, 0.5) is 5.82 Å². The quantitative estimate of drug-likeness (QED) is 0.861. The largest absolute Gasteiger partial charge is 0.373 e. The van der Waals surface area contributed by atoms with Crippen molar-refractivity contribution in [2.24, 2.45) is 0 Å². The molecule has 112 valence electrons. The summed E-state index contributed by atoms with van der Waals surface area (Å²) in [7, 11) is 5.77. The van der Waals surface area contributed by atoms with Crippen LogP contribution in [-0.4, -0.2) is 50.0 Å². The van der Waals surface area contributed by atoms with Gasteiger partial charge in [-0.05, 0) is 26.2 Å². The fraction of sp³-hybridized carbons (Fsp3) is 0.600. The van der Waals surface area contributed by atoms with Gasteiger partial charge < -0.3 is 15.5 Å². The Morgan fingerprint density at radius 1 is 1.30 bits per heavy atom. The summed E-state index contributed by atoms with van der Waals surface area (Å²) in [6.07, 6.45) is 0. The Labute approximate surface area is 121 Å². The average Bonchev–Trinajstić information content (AvgIpc) is 2.36. The molecule has 1 rings (SSSR count). The van der Waals surface area contributed by atoms with E-state index in [2.05, 4.69) is 36.4 Å². The molecule has 0 aliphatic carbocycles. The van der Waals surface area contributed by atoms with E-state index in [-0.39, 0.29) is 11.3 Å². The fourth-order valence-electron chi connectivity index (χ4n) is 1.67. The molecule has 2 N–H and O–H groups in total. The number of nitrogens with one attached hydrogen (secondary N) is 2. The number of carbonyl (C=O) groups is 1. The van der Waals surface area contributed by atoms with Crippen molar-refractivity contribution in [3.05, 3.63) is 23.4 Å². The summed E-state index contributed by atoms with van der Waals surface area (Å²) in [6, 6.07) is 3.64. The Balaban J connectivity index is 2.91. The highest BCUT2D eigenvalue weighted by molar-refractivity contribution is 5.95. The number of hydrogen-bond donors (Lipinski definition) is 2. The van der Waals surface area contributed by atoms with Gasteiger partial charge in [0.15, 0.2) is 0 Å². The molecule has 1 heterocycles. The normalized spacial score (nSPS) is 11.6. The van der Waals surface area contributed by atoms with Crippen LogP contribution in [0.1, 0.15) is 36.8 Å². The minimum Gasteiger partial charge on any atom is -0.373 e. The highest BCUT2D eigenvalue weighted by Crippen LogP contribution is 2.23. The molecule has 0 aliphatic rings. The van der Waals surface area contributed by atoms with E-state index in [0.29, 0.717) is 12.1 Å².